The number of hydrogen-bond donors (Lipinski definition) is 1. The fourth-order valence-electron chi connectivity index (χ4n) is 2.43. The molecule has 8 heteroatoms. The van der Waals surface area contributed by atoms with Gasteiger partial charge < -0.3 is 13.9 Å². The maximum atomic E-state index is 12.2. The minimum atomic E-state index is -3.59. The molecule has 3 rings (SSSR count). The number of hydrogen-bond acceptors (Lipinski definition) is 6. The average Bonchev–Trinajstić information content (AvgIpc) is 3.19. The van der Waals surface area contributed by atoms with E-state index in [4.69, 9.17) is 13.9 Å². The van der Waals surface area contributed by atoms with Gasteiger partial charge >= 0.3 is 0 Å². The van der Waals surface area contributed by atoms with Crippen LogP contribution in [-0.4, -0.2) is 28.9 Å². The third-order valence-electron chi connectivity index (χ3n) is 3.89. The van der Waals surface area contributed by atoms with Crippen LogP contribution in [0.3, 0.4) is 0 Å². The van der Waals surface area contributed by atoms with Gasteiger partial charge in [-0.3, -0.25) is 0 Å². The summed E-state index contributed by atoms with van der Waals surface area (Å²) >= 11 is 0. The fourth-order valence-corrected chi connectivity index (χ4v) is 3.45. The van der Waals surface area contributed by atoms with E-state index in [1.807, 2.05) is 0 Å². The smallest absolute Gasteiger partial charge is 0.240 e. The molecule has 28 heavy (non-hydrogen) atoms. The second-order valence-electron chi connectivity index (χ2n) is 5.74. The van der Waals surface area contributed by atoms with Crippen molar-refractivity contribution in [3.8, 4) is 11.5 Å². The zero-order chi connectivity index (χ0) is 20.0. The van der Waals surface area contributed by atoms with Crippen molar-refractivity contribution < 1.29 is 22.3 Å². The Balaban J connectivity index is 1.67. The molecular formula is C20H20N2O5S. The molecule has 0 unspecified atom stereocenters. The lowest BCUT2D eigenvalue weighted by molar-refractivity contribution is 0.395. The quantitative estimate of drug-likeness (QED) is 0.584. The lowest BCUT2D eigenvalue weighted by Crippen LogP contribution is -2.22. The zero-order valence-electron chi connectivity index (χ0n) is 15.5. The van der Waals surface area contributed by atoms with Crippen molar-refractivity contribution >= 4 is 21.9 Å². The van der Waals surface area contributed by atoms with Crippen LogP contribution in [0, 0.1) is 0 Å². The number of furan rings is 1. The minimum absolute atomic E-state index is 0.0386. The maximum Gasteiger partial charge on any atom is 0.240 e. The number of aliphatic imine (C=N–C) groups is 1. The van der Waals surface area contributed by atoms with Crippen LogP contribution >= 0.6 is 0 Å². The molecular weight excluding hydrogens is 380 g/mol. The van der Waals surface area contributed by atoms with Gasteiger partial charge in [-0.15, -0.1) is 0 Å². The van der Waals surface area contributed by atoms with Gasteiger partial charge in [0.05, 0.1) is 31.9 Å². The van der Waals surface area contributed by atoms with Crippen LogP contribution in [0.15, 0.2) is 75.0 Å². The molecule has 0 aliphatic rings. The molecule has 1 aromatic heterocycles. The molecule has 1 heterocycles. The Morgan fingerprint density at radius 3 is 2.54 bits per heavy atom. The van der Waals surface area contributed by atoms with Crippen LogP contribution in [-0.2, 0) is 16.6 Å². The molecule has 0 spiro atoms. The van der Waals surface area contributed by atoms with Crippen molar-refractivity contribution in [3.05, 3.63) is 72.2 Å². The van der Waals surface area contributed by atoms with E-state index in [0.29, 0.717) is 28.7 Å². The van der Waals surface area contributed by atoms with Crippen LogP contribution in [0.4, 0.5) is 5.69 Å². The van der Waals surface area contributed by atoms with E-state index in [9.17, 15) is 8.42 Å². The third kappa shape index (κ3) is 4.79. The Kier molecular flexibility index (Phi) is 6.13. The van der Waals surface area contributed by atoms with Gasteiger partial charge in [-0.25, -0.2) is 18.1 Å². The molecule has 0 aliphatic carbocycles. The number of sulfonamides is 1. The Labute approximate surface area is 163 Å². The van der Waals surface area contributed by atoms with Crippen LogP contribution in [0.25, 0.3) is 0 Å². The van der Waals surface area contributed by atoms with E-state index < -0.39 is 10.0 Å². The van der Waals surface area contributed by atoms with Gasteiger partial charge in [-0.05, 0) is 36.4 Å². The van der Waals surface area contributed by atoms with E-state index in [-0.39, 0.29) is 11.4 Å². The summed E-state index contributed by atoms with van der Waals surface area (Å²) in [4.78, 5) is 4.56. The van der Waals surface area contributed by atoms with E-state index in [2.05, 4.69) is 9.71 Å². The van der Waals surface area contributed by atoms with E-state index in [1.54, 1.807) is 69.0 Å². The van der Waals surface area contributed by atoms with Crippen molar-refractivity contribution in [1.29, 1.82) is 0 Å². The number of benzene rings is 2. The highest BCUT2D eigenvalue weighted by Crippen LogP contribution is 2.31. The van der Waals surface area contributed by atoms with Crippen molar-refractivity contribution in [2.45, 2.75) is 11.4 Å². The Morgan fingerprint density at radius 1 is 1.04 bits per heavy atom. The van der Waals surface area contributed by atoms with E-state index in [1.165, 1.54) is 12.1 Å². The molecule has 0 amide bonds. The minimum Gasteiger partial charge on any atom is -0.497 e. The molecule has 146 valence electrons. The molecule has 0 bridgehead atoms. The fraction of sp³-hybridized carbons (Fsp3) is 0.150. The normalized spacial score (nSPS) is 11.6. The van der Waals surface area contributed by atoms with Crippen molar-refractivity contribution in [3.63, 3.8) is 0 Å². The van der Waals surface area contributed by atoms with Crippen molar-refractivity contribution in [2.75, 3.05) is 14.2 Å². The lowest BCUT2D eigenvalue weighted by Gasteiger charge is -2.06. The first kappa shape index (κ1) is 19.7. The SMILES string of the molecule is COc1ccc(N=Cc2ccc(CNS(=O)(=O)c3ccccc3)o2)c(OC)c1. The molecule has 1 N–H and O–H groups in total. The second kappa shape index (κ2) is 8.73. The molecule has 0 saturated carbocycles. The van der Waals surface area contributed by atoms with Gasteiger partial charge in [-0.1, -0.05) is 18.2 Å². The highest BCUT2D eigenvalue weighted by Gasteiger charge is 2.13. The van der Waals surface area contributed by atoms with Crippen LogP contribution in [0.1, 0.15) is 11.5 Å². The third-order valence-corrected chi connectivity index (χ3v) is 5.31. The van der Waals surface area contributed by atoms with Gasteiger partial charge in [0.25, 0.3) is 0 Å². The van der Waals surface area contributed by atoms with Crippen LogP contribution in [0.5, 0.6) is 11.5 Å². The molecule has 2 aromatic carbocycles. The molecule has 0 atom stereocenters. The van der Waals surface area contributed by atoms with Crippen molar-refractivity contribution in [2.24, 2.45) is 4.99 Å². The van der Waals surface area contributed by atoms with Gasteiger partial charge in [0, 0.05) is 6.07 Å². The van der Waals surface area contributed by atoms with E-state index in [0.717, 1.165) is 0 Å². The first-order valence-electron chi connectivity index (χ1n) is 8.41. The number of methoxy groups -OCH3 is 2. The predicted molar refractivity (Wildman–Crippen MR) is 106 cm³/mol. The highest BCUT2D eigenvalue weighted by atomic mass is 32.2. The Hall–Kier alpha value is -3.10. The molecule has 0 aliphatic heterocycles. The van der Waals surface area contributed by atoms with E-state index >= 15 is 0 Å². The average molecular weight is 400 g/mol. The zero-order valence-corrected chi connectivity index (χ0v) is 16.3. The molecule has 0 radical (unpaired) electrons. The van der Waals surface area contributed by atoms with Gasteiger partial charge in [-0.2, -0.15) is 0 Å². The summed E-state index contributed by atoms with van der Waals surface area (Å²) in [5.41, 5.74) is 0.617. The number of ether oxygens (including phenoxy) is 2. The standard InChI is InChI=1S/C20H20N2O5S/c1-25-15-10-11-19(20(12-15)26-2)21-13-16-8-9-17(27-16)14-22-28(23,24)18-6-4-3-5-7-18/h3-13,22H,14H2,1-2H3. The number of nitrogens with zero attached hydrogens (tertiary/aromatic N) is 1. The Bertz CT molecular complexity index is 1060. The Morgan fingerprint density at radius 2 is 1.82 bits per heavy atom. The first-order chi connectivity index (χ1) is 13.5. The highest BCUT2D eigenvalue weighted by molar-refractivity contribution is 7.89. The topological polar surface area (TPSA) is 90.1 Å². The summed E-state index contributed by atoms with van der Waals surface area (Å²) in [5.74, 6) is 2.20. The largest absolute Gasteiger partial charge is 0.497 e. The molecule has 0 saturated heterocycles. The summed E-state index contributed by atoms with van der Waals surface area (Å²) in [6, 6.07) is 16.9. The monoisotopic (exact) mass is 400 g/mol. The summed E-state index contributed by atoms with van der Waals surface area (Å²) in [6.07, 6.45) is 1.54. The van der Waals surface area contributed by atoms with Crippen molar-refractivity contribution in [1.82, 2.24) is 4.72 Å². The number of nitrogens with one attached hydrogen (secondary N) is 1. The van der Waals surface area contributed by atoms with Gasteiger partial charge in [0.1, 0.15) is 28.7 Å². The first-order valence-corrected chi connectivity index (χ1v) is 9.89. The maximum absolute atomic E-state index is 12.2. The molecule has 0 fully saturated rings. The molecule has 3 aromatic rings. The van der Waals surface area contributed by atoms with Gasteiger partial charge in [0.15, 0.2) is 0 Å². The molecule has 7 nitrogen and oxygen atoms in total. The predicted octanol–water partition coefficient (Wildman–Crippen LogP) is 3.53. The second-order valence-corrected chi connectivity index (χ2v) is 7.50. The van der Waals surface area contributed by atoms with Crippen LogP contribution < -0.4 is 14.2 Å². The summed E-state index contributed by atoms with van der Waals surface area (Å²) in [6.45, 7) is 0.0386. The summed E-state index contributed by atoms with van der Waals surface area (Å²) in [5, 5.41) is 0. The van der Waals surface area contributed by atoms with Gasteiger partial charge in [0.2, 0.25) is 10.0 Å². The summed E-state index contributed by atoms with van der Waals surface area (Å²) in [7, 11) is -0.461. The summed E-state index contributed by atoms with van der Waals surface area (Å²) < 4.78 is 43.1. The lowest BCUT2D eigenvalue weighted by atomic mass is 10.3. The van der Waals surface area contributed by atoms with Crippen LogP contribution in [0.2, 0.25) is 0 Å². The number of rotatable bonds is 8.